The molecule has 2 rings (SSSR count). The Labute approximate surface area is 116 Å². The predicted octanol–water partition coefficient (Wildman–Crippen LogP) is 5.93. The number of rotatable bonds is 0. The molecular weight excluding hydrogens is 236 g/mol. The Hall–Kier alpha value is 0.519. The van der Waals surface area contributed by atoms with E-state index in [-0.39, 0.29) is 39.3 Å². The third kappa shape index (κ3) is 12.6. The van der Waals surface area contributed by atoms with Gasteiger partial charge in [-0.1, -0.05) is 72.6 Å². The fourth-order valence-electron chi connectivity index (χ4n) is 2.26. The van der Waals surface area contributed by atoms with Gasteiger partial charge in [-0.2, -0.15) is 0 Å². The topological polar surface area (TPSA) is 0 Å². The van der Waals surface area contributed by atoms with E-state index in [1.165, 1.54) is 51.4 Å². The molecule has 0 nitrogen and oxygen atoms in total. The van der Waals surface area contributed by atoms with Crippen molar-refractivity contribution in [3.05, 3.63) is 14.9 Å². The second-order valence-corrected chi connectivity index (χ2v) is 4.78. The van der Waals surface area contributed by atoms with E-state index >= 15 is 0 Å². The SMILES string of the molecule is C.CC1CCCC1.CC1CCCC1.[CH3-].[CH3-].[Fe+2]. The molecule has 0 amide bonds. The molecule has 2 aliphatic carbocycles. The molecule has 0 aromatic carbocycles. The minimum Gasteiger partial charge on any atom is -0.358 e. The smallest absolute Gasteiger partial charge is 0.358 e. The van der Waals surface area contributed by atoms with Gasteiger partial charge in [-0.25, -0.2) is 0 Å². The Balaban J connectivity index is -0.0000000720. The van der Waals surface area contributed by atoms with Crippen molar-refractivity contribution in [2.24, 2.45) is 11.8 Å². The summed E-state index contributed by atoms with van der Waals surface area (Å²) in [7, 11) is 0. The Bertz CT molecular complexity index is 86.0. The molecule has 2 aliphatic rings. The van der Waals surface area contributed by atoms with Crippen LogP contribution in [0.15, 0.2) is 0 Å². The third-order valence-electron chi connectivity index (χ3n) is 3.29. The van der Waals surface area contributed by atoms with Crippen molar-refractivity contribution in [1.82, 2.24) is 0 Å². The van der Waals surface area contributed by atoms with Crippen molar-refractivity contribution in [1.29, 1.82) is 0 Å². The molecule has 0 saturated heterocycles. The third-order valence-corrected chi connectivity index (χ3v) is 3.29. The van der Waals surface area contributed by atoms with Crippen molar-refractivity contribution < 1.29 is 17.1 Å². The van der Waals surface area contributed by atoms with Crippen LogP contribution < -0.4 is 0 Å². The summed E-state index contributed by atoms with van der Waals surface area (Å²) in [5.41, 5.74) is 0. The summed E-state index contributed by atoms with van der Waals surface area (Å²) in [5.74, 6) is 2.09. The van der Waals surface area contributed by atoms with Gasteiger partial charge in [-0.3, -0.25) is 0 Å². The van der Waals surface area contributed by atoms with Crippen molar-refractivity contribution in [2.75, 3.05) is 0 Å². The van der Waals surface area contributed by atoms with Crippen LogP contribution >= 0.6 is 0 Å². The van der Waals surface area contributed by atoms with E-state index in [4.69, 9.17) is 0 Å². The molecule has 102 valence electrons. The Morgan fingerprint density at radius 1 is 0.625 bits per heavy atom. The molecule has 0 heterocycles. The monoisotopic (exact) mass is 270 g/mol. The minimum atomic E-state index is 0. The van der Waals surface area contributed by atoms with E-state index in [9.17, 15) is 0 Å². The largest absolute Gasteiger partial charge is 2.00 e. The zero-order valence-electron chi connectivity index (χ0n) is 11.2. The minimum absolute atomic E-state index is 0. The van der Waals surface area contributed by atoms with Gasteiger partial charge in [0, 0.05) is 0 Å². The van der Waals surface area contributed by atoms with Crippen LogP contribution in [-0.4, -0.2) is 0 Å². The van der Waals surface area contributed by atoms with E-state index in [1.54, 1.807) is 0 Å². The fraction of sp³-hybridized carbons (Fsp3) is 0.867. The number of hydrogen-bond acceptors (Lipinski definition) is 0. The summed E-state index contributed by atoms with van der Waals surface area (Å²) in [6, 6.07) is 0. The van der Waals surface area contributed by atoms with Crippen LogP contribution in [0.4, 0.5) is 0 Å². The van der Waals surface area contributed by atoms with Gasteiger partial charge < -0.3 is 14.9 Å². The van der Waals surface area contributed by atoms with Crippen LogP contribution in [-0.2, 0) is 17.1 Å². The Morgan fingerprint density at radius 3 is 0.875 bits per heavy atom. The molecule has 0 aromatic heterocycles. The summed E-state index contributed by atoms with van der Waals surface area (Å²) in [6.07, 6.45) is 11.9. The van der Waals surface area contributed by atoms with Crippen molar-refractivity contribution >= 4 is 0 Å². The van der Waals surface area contributed by atoms with Crippen LogP contribution in [0, 0.1) is 26.7 Å². The van der Waals surface area contributed by atoms with E-state index in [0.717, 1.165) is 11.8 Å². The van der Waals surface area contributed by atoms with Gasteiger partial charge in [0.2, 0.25) is 0 Å². The first-order chi connectivity index (χ1) is 5.79. The molecule has 1 heteroatoms. The zero-order valence-corrected chi connectivity index (χ0v) is 12.3. The van der Waals surface area contributed by atoms with Gasteiger partial charge >= 0.3 is 17.1 Å². The van der Waals surface area contributed by atoms with E-state index < -0.39 is 0 Å². The normalized spacial score (nSPS) is 19.1. The van der Waals surface area contributed by atoms with Crippen LogP contribution in [0.3, 0.4) is 0 Å². The fourth-order valence-corrected chi connectivity index (χ4v) is 2.26. The van der Waals surface area contributed by atoms with Gasteiger partial charge in [-0.15, -0.1) is 0 Å². The Kier molecular flexibility index (Phi) is 24.6. The maximum Gasteiger partial charge on any atom is 2.00 e. The van der Waals surface area contributed by atoms with Crippen molar-refractivity contribution in [3.63, 3.8) is 0 Å². The zero-order chi connectivity index (χ0) is 8.81. The van der Waals surface area contributed by atoms with Gasteiger partial charge in [0.25, 0.3) is 0 Å². The molecule has 0 unspecified atom stereocenters. The first-order valence-corrected chi connectivity index (χ1v) is 5.79. The molecule has 0 spiro atoms. The molecule has 2 saturated carbocycles. The van der Waals surface area contributed by atoms with Crippen LogP contribution in [0.1, 0.15) is 72.6 Å². The Morgan fingerprint density at radius 2 is 0.812 bits per heavy atom. The van der Waals surface area contributed by atoms with Gasteiger partial charge in [0.05, 0.1) is 0 Å². The second-order valence-electron chi connectivity index (χ2n) is 4.78. The van der Waals surface area contributed by atoms with E-state index in [0.29, 0.717) is 0 Å². The quantitative estimate of drug-likeness (QED) is 0.378. The molecular formula is C15H34Fe. The van der Waals surface area contributed by atoms with Crippen molar-refractivity contribution in [3.8, 4) is 0 Å². The van der Waals surface area contributed by atoms with Gasteiger partial charge in [0.15, 0.2) is 0 Å². The summed E-state index contributed by atoms with van der Waals surface area (Å²) < 4.78 is 0. The summed E-state index contributed by atoms with van der Waals surface area (Å²) in [5, 5.41) is 0. The second kappa shape index (κ2) is 15.5. The molecule has 0 bridgehead atoms. The van der Waals surface area contributed by atoms with Gasteiger partial charge in [-0.05, 0) is 11.8 Å². The summed E-state index contributed by atoms with van der Waals surface area (Å²) in [6.45, 7) is 4.68. The van der Waals surface area contributed by atoms with Crippen LogP contribution in [0.5, 0.6) is 0 Å². The average molecular weight is 270 g/mol. The molecule has 0 N–H and O–H groups in total. The molecule has 0 atom stereocenters. The first-order valence-electron chi connectivity index (χ1n) is 5.79. The first kappa shape index (κ1) is 25.4. The average Bonchev–Trinajstić information content (AvgIpc) is 2.63. The standard InChI is InChI=1S/2C6H12.CH4.2CH3.Fe/c2*1-6-4-2-3-5-6;;;;/h2*6H,2-5H2,1H3;1H4;2*1H3;/q;;;2*-1;+2. The van der Waals surface area contributed by atoms with E-state index in [1.807, 2.05) is 0 Å². The summed E-state index contributed by atoms with van der Waals surface area (Å²) in [4.78, 5) is 0. The molecule has 0 radical (unpaired) electrons. The predicted molar refractivity (Wildman–Crippen MR) is 74.8 cm³/mol. The number of hydrogen-bond donors (Lipinski definition) is 0. The maximum atomic E-state index is 2.34. The van der Waals surface area contributed by atoms with E-state index in [2.05, 4.69) is 13.8 Å². The molecule has 16 heavy (non-hydrogen) atoms. The van der Waals surface area contributed by atoms with Crippen LogP contribution in [0.2, 0.25) is 0 Å². The maximum absolute atomic E-state index is 2.34. The van der Waals surface area contributed by atoms with Crippen LogP contribution in [0.25, 0.3) is 0 Å². The molecule has 0 aliphatic heterocycles. The van der Waals surface area contributed by atoms with Gasteiger partial charge in [0.1, 0.15) is 0 Å². The molecule has 2 fully saturated rings. The molecule has 0 aromatic rings. The van der Waals surface area contributed by atoms with Crippen molar-refractivity contribution in [2.45, 2.75) is 72.6 Å². The summed E-state index contributed by atoms with van der Waals surface area (Å²) >= 11 is 0.